The highest BCUT2D eigenvalue weighted by molar-refractivity contribution is 6.32. The van der Waals surface area contributed by atoms with Gasteiger partial charge in [0, 0.05) is 18.1 Å². The van der Waals surface area contributed by atoms with Crippen LogP contribution < -0.4 is 9.47 Å². The lowest BCUT2D eigenvalue weighted by atomic mass is 10.1. The van der Waals surface area contributed by atoms with E-state index in [9.17, 15) is 5.11 Å². The number of hydrogen-bond donors (Lipinski definition) is 1. The van der Waals surface area contributed by atoms with Crippen LogP contribution in [0.25, 0.3) is 0 Å². The molecule has 0 spiro atoms. The van der Waals surface area contributed by atoms with Gasteiger partial charge in [-0.05, 0) is 13.0 Å². The normalized spacial score (nSPS) is 12.3. The molecule has 0 heterocycles. The van der Waals surface area contributed by atoms with E-state index < -0.39 is 6.10 Å². The molecule has 15 heavy (non-hydrogen) atoms. The quantitative estimate of drug-likeness (QED) is 0.863. The van der Waals surface area contributed by atoms with Gasteiger partial charge in [0.15, 0.2) is 0 Å². The molecular weight excluding hydrogens is 216 g/mol. The fourth-order valence-corrected chi connectivity index (χ4v) is 1.75. The van der Waals surface area contributed by atoms with Gasteiger partial charge in [0.1, 0.15) is 11.5 Å². The number of ether oxygens (including phenoxy) is 2. The minimum atomic E-state index is -0.443. The monoisotopic (exact) mass is 230 g/mol. The summed E-state index contributed by atoms with van der Waals surface area (Å²) in [7, 11) is 3.13. The summed E-state index contributed by atoms with van der Waals surface area (Å²) in [5.74, 6) is 1.26. The highest BCUT2D eigenvalue weighted by atomic mass is 35.5. The lowest BCUT2D eigenvalue weighted by Gasteiger charge is -2.13. The molecule has 84 valence electrons. The van der Waals surface area contributed by atoms with Gasteiger partial charge in [0.25, 0.3) is 0 Å². The van der Waals surface area contributed by atoms with E-state index in [0.717, 1.165) is 5.56 Å². The van der Waals surface area contributed by atoms with Crippen molar-refractivity contribution < 1.29 is 14.6 Å². The van der Waals surface area contributed by atoms with Crippen LogP contribution in [0.4, 0.5) is 0 Å². The Bertz CT molecular complexity index is 337. The number of methoxy groups -OCH3 is 2. The molecule has 1 N–H and O–H groups in total. The largest absolute Gasteiger partial charge is 0.497 e. The van der Waals surface area contributed by atoms with Crippen LogP contribution in [-0.4, -0.2) is 25.4 Å². The Kier molecular flexibility index (Phi) is 4.24. The highest BCUT2D eigenvalue weighted by Crippen LogP contribution is 2.33. The Morgan fingerprint density at radius 2 is 2.00 bits per heavy atom. The summed E-state index contributed by atoms with van der Waals surface area (Å²) in [4.78, 5) is 0. The van der Waals surface area contributed by atoms with Crippen molar-refractivity contribution in [2.75, 3.05) is 14.2 Å². The van der Waals surface area contributed by atoms with E-state index in [1.54, 1.807) is 27.2 Å². The third-order valence-corrected chi connectivity index (χ3v) is 2.33. The minimum absolute atomic E-state index is 0.443. The van der Waals surface area contributed by atoms with Crippen molar-refractivity contribution in [1.82, 2.24) is 0 Å². The molecule has 0 amide bonds. The Balaban J connectivity index is 3.13. The molecule has 3 nitrogen and oxygen atoms in total. The van der Waals surface area contributed by atoms with Gasteiger partial charge in [-0.1, -0.05) is 11.6 Å². The zero-order chi connectivity index (χ0) is 11.4. The molecule has 0 aliphatic heterocycles. The summed E-state index contributed by atoms with van der Waals surface area (Å²) >= 11 is 6.01. The van der Waals surface area contributed by atoms with Crippen LogP contribution in [0.15, 0.2) is 12.1 Å². The molecule has 1 atom stereocenters. The standard InChI is InChI=1S/C11H15ClO3/c1-7(13)4-8-5-9(14-2)6-10(12)11(8)15-3/h5-7,13H,4H2,1-3H3. The van der Waals surface area contributed by atoms with Gasteiger partial charge < -0.3 is 14.6 Å². The Morgan fingerprint density at radius 3 is 2.47 bits per heavy atom. The topological polar surface area (TPSA) is 38.7 Å². The van der Waals surface area contributed by atoms with Crippen molar-refractivity contribution >= 4 is 11.6 Å². The maximum absolute atomic E-state index is 9.34. The summed E-state index contributed by atoms with van der Waals surface area (Å²) in [5.41, 5.74) is 0.844. The van der Waals surface area contributed by atoms with E-state index >= 15 is 0 Å². The fourth-order valence-electron chi connectivity index (χ4n) is 1.44. The van der Waals surface area contributed by atoms with Crippen LogP contribution in [0.3, 0.4) is 0 Å². The van der Waals surface area contributed by atoms with Crippen molar-refractivity contribution in [3.63, 3.8) is 0 Å². The van der Waals surface area contributed by atoms with Gasteiger partial charge in [0.2, 0.25) is 0 Å². The van der Waals surface area contributed by atoms with Crippen LogP contribution in [0, 0.1) is 0 Å². The number of aliphatic hydroxyl groups is 1. The predicted octanol–water partition coefficient (Wildman–Crippen LogP) is 2.28. The molecule has 1 aromatic carbocycles. The maximum atomic E-state index is 9.34. The first-order chi connectivity index (χ1) is 7.08. The van der Waals surface area contributed by atoms with Crippen molar-refractivity contribution in [3.8, 4) is 11.5 Å². The summed E-state index contributed by atoms with van der Waals surface area (Å²) in [6.07, 6.45) is 0.0437. The molecule has 0 aromatic heterocycles. The molecule has 4 heteroatoms. The fraction of sp³-hybridized carbons (Fsp3) is 0.455. The first-order valence-corrected chi connectivity index (χ1v) is 5.04. The third kappa shape index (κ3) is 3.01. The smallest absolute Gasteiger partial charge is 0.141 e. The summed E-state index contributed by atoms with van der Waals surface area (Å²) in [6.45, 7) is 1.72. The molecule has 0 aliphatic carbocycles. The first kappa shape index (κ1) is 12.1. The van der Waals surface area contributed by atoms with Crippen LogP contribution in [0.5, 0.6) is 11.5 Å². The number of rotatable bonds is 4. The van der Waals surface area contributed by atoms with Crippen LogP contribution in [0.2, 0.25) is 5.02 Å². The van der Waals surface area contributed by atoms with Crippen LogP contribution in [0.1, 0.15) is 12.5 Å². The van der Waals surface area contributed by atoms with Crippen LogP contribution in [-0.2, 0) is 6.42 Å². The molecule has 0 fully saturated rings. The lowest BCUT2D eigenvalue weighted by Crippen LogP contribution is -2.06. The average Bonchev–Trinajstić information content (AvgIpc) is 2.16. The molecule has 1 aromatic rings. The summed E-state index contributed by atoms with van der Waals surface area (Å²) in [6, 6.07) is 3.50. The predicted molar refractivity (Wildman–Crippen MR) is 59.9 cm³/mol. The highest BCUT2D eigenvalue weighted by Gasteiger charge is 2.12. The summed E-state index contributed by atoms with van der Waals surface area (Å²) < 4.78 is 10.3. The van der Waals surface area contributed by atoms with Crippen LogP contribution >= 0.6 is 11.6 Å². The van der Waals surface area contributed by atoms with Gasteiger partial charge in [0.05, 0.1) is 25.3 Å². The third-order valence-electron chi connectivity index (χ3n) is 2.05. The Labute approximate surface area is 94.6 Å². The SMILES string of the molecule is COc1cc(Cl)c(OC)c(CC(C)O)c1. The number of benzene rings is 1. The minimum Gasteiger partial charge on any atom is -0.497 e. The maximum Gasteiger partial charge on any atom is 0.141 e. The second-order valence-corrected chi connectivity index (χ2v) is 3.76. The number of hydrogen-bond acceptors (Lipinski definition) is 3. The molecule has 0 saturated carbocycles. The first-order valence-electron chi connectivity index (χ1n) is 4.67. The Morgan fingerprint density at radius 1 is 1.33 bits per heavy atom. The Hall–Kier alpha value is -0.930. The molecule has 0 radical (unpaired) electrons. The van der Waals surface area contributed by atoms with E-state index in [1.165, 1.54) is 0 Å². The number of halogens is 1. The zero-order valence-electron chi connectivity index (χ0n) is 9.08. The average molecular weight is 231 g/mol. The van der Waals surface area contributed by atoms with E-state index in [4.69, 9.17) is 21.1 Å². The summed E-state index contributed by atoms with van der Waals surface area (Å²) in [5, 5.41) is 9.83. The van der Waals surface area contributed by atoms with Gasteiger partial charge >= 0.3 is 0 Å². The number of aliphatic hydroxyl groups excluding tert-OH is 1. The van der Waals surface area contributed by atoms with E-state index in [-0.39, 0.29) is 0 Å². The molecule has 0 aliphatic rings. The molecule has 0 saturated heterocycles. The second kappa shape index (κ2) is 5.24. The van der Waals surface area contributed by atoms with Crippen molar-refractivity contribution in [1.29, 1.82) is 0 Å². The molecule has 1 rings (SSSR count). The second-order valence-electron chi connectivity index (χ2n) is 3.35. The van der Waals surface area contributed by atoms with E-state index in [1.807, 2.05) is 6.07 Å². The molecule has 0 bridgehead atoms. The van der Waals surface area contributed by atoms with Crippen molar-refractivity contribution in [2.45, 2.75) is 19.4 Å². The van der Waals surface area contributed by atoms with Gasteiger partial charge in [-0.25, -0.2) is 0 Å². The molecule has 1 unspecified atom stereocenters. The van der Waals surface area contributed by atoms with E-state index in [2.05, 4.69) is 0 Å². The van der Waals surface area contributed by atoms with Gasteiger partial charge in [-0.2, -0.15) is 0 Å². The van der Waals surface area contributed by atoms with Gasteiger partial charge in [-0.15, -0.1) is 0 Å². The lowest BCUT2D eigenvalue weighted by molar-refractivity contribution is 0.194. The molecular formula is C11H15ClO3. The van der Waals surface area contributed by atoms with Gasteiger partial charge in [-0.3, -0.25) is 0 Å². The van der Waals surface area contributed by atoms with Crippen molar-refractivity contribution in [2.24, 2.45) is 0 Å². The zero-order valence-corrected chi connectivity index (χ0v) is 9.84. The van der Waals surface area contributed by atoms with Crippen molar-refractivity contribution in [3.05, 3.63) is 22.7 Å². The van der Waals surface area contributed by atoms with E-state index in [0.29, 0.717) is 22.9 Å².